The Bertz CT molecular complexity index is 92.7. The van der Waals surface area contributed by atoms with Gasteiger partial charge in [0, 0.05) is 12.5 Å². The molecule has 1 saturated carbocycles. The first-order chi connectivity index (χ1) is 3.89. The summed E-state index contributed by atoms with van der Waals surface area (Å²) in [5, 5.41) is 0. The van der Waals surface area contributed by atoms with Gasteiger partial charge in [0.05, 0.1) is 6.10 Å². The van der Waals surface area contributed by atoms with E-state index in [0.29, 0.717) is 0 Å². The zero-order valence-electron chi connectivity index (χ0n) is 4.64. The van der Waals surface area contributed by atoms with E-state index in [4.69, 9.17) is 4.74 Å². The third kappa shape index (κ3) is 0.494. The summed E-state index contributed by atoms with van der Waals surface area (Å²) in [5.41, 5.74) is 0. The second-order valence-corrected chi connectivity index (χ2v) is 2.59. The maximum absolute atomic E-state index is 12.4. The molecule has 3 atom stereocenters. The minimum atomic E-state index is -0.613. The number of alkyl halides is 1. The van der Waals surface area contributed by atoms with Gasteiger partial charge in [0.15, 0.2) is 0 Å². The number of rotatable bonds is 0. The van der Waals surface area contributed by atoms with Gasteiger partial charge in [-0.3, -0.25) is 0 Å². The third-order valence-corrected chi connectivity index (χ3v) is 2.00. The van der Waals surface area contributed by atoms with Crippen molar-refractivity contribution in [3.63, 3.8) is 0 Å². The minimum Gasteiger partial charge on any atom is -0.375 e. The van der Waals surface area contributed by atoms with Crippen LogP contribution in [-0.4, -0.2) is 18.9 Å². The second kappa shape index (κ2) is 1.44. The quantitative estimate of drug-likeness (QED) is 0.461. The predicted octanol–water partition coefficient (Wildman–Crippen LogP) is 1.13. The van der Waals surface area contributed by atoms with Crippen molar-refractivity contribution in [1.29, 1.82) is 0 Å². The van der Waals surface area contributed by atoms with Gasteiger partial charge in [-0.25, -0.2) is 4.39 Å². The first kappa shape index (κ1) is 4.74. The molecule has 0 unspecified atom stereocenters. The fourth-order valence-electron chi connectivity index (χ4n) is 1.38. The van der Waals surface area contributed by atoms with E-state index in [1.807, 2.05) is 0 Å². The molecule has 1 heterocycles. The van der Waals surface area contributed by atoms with Crippen LogP contribution in [0, 0.1) is 5.92 Å². The van der Waals surface area contributed by atoms with Gasteiger partial charge in [-0.1, -0.05) is 0 Å². The highest BCUT2D eigenvalue weighted by Crippen LogP contribution is 2.43. The largest absolute Gasteiger partial charge is 0.375 e. The number of ether oxygens (including phenoxy) is 1. The average molecular weight is 116 g/mol. The maximum atomic E-state index is 12.4. The molecule has 1 saturated heterocycles. The summed E-state index contributed by atoms with van der Waals surface area (Å²) in [7, 11) is 0. The Labute approximate surface area is 47.8 Å². The molecule has 1 aliphatic carbocycles. The van der Waals surface area contributed by atoms with E-state index < -0.39 is 6.17 Å². The van der Waals surface area contributed by atoms with E-state index in [2.05, 4.69) is 0 Å². The van der Waals surface area contributed by atoms with Crippen LogP contribution in [0.3, 0.4) is 0 Å². The van der Waals surface area contributed by atoms with E-state index in [0.717, 1.165) is 19.4 Å². The molecular formula is C6H9FO. The Hall–Kier alpha value is -0.110. The summed E-state index contributed by atoms with van der Waals surface area (Å²) in [4.78, 5) is 0. The number of halogens is 1. The molecule has 0 bridgehead atoms. The molecule has 0 aromatic heterocycles. The van der Waals surface area contributed by atoms with E-state index in [1.165, 1.54) is 0 Å². The first-order valence-electron chi connectivity index (χ1n) is 3.15. The highest BCUT2D eigenvalue weighted by Gasteiger charge is 2.53. The summed E-state index contributed by atoms with van der Waals surface area (Å²) in [6, 6.07) is 0. The zero-order chi connectivity index (χ0) is 5.56. The van der Waals surface area contributed by atoms with Gasteiger partial charge in [0.1, 0.15) is 6.17 Å². The molecule has 0 aromatic carbocycles. The van der Waals surface area contributed by atoms with Gasteiger partial charge < -0.3 is 4.74 Å². The van der Waals surface area contributed by atoms with E-state index >= 15 is 0 Å². The normalized spacial score (nSPS) is 52.9. The standard InChI is InChI=1S/C6H9FO/c7-5-4-2-1-3-8-6(4)5/h4-6H,1-3H2/t4-,5+,6-/m1/s1. The molecule has 1 aliphatic heterocycles. The van der Waals surface area contributed by atoms with Gasteiger partial charge in [0.2, 0.25) is 0 Å². The molecule has 46 valence electrons. The Balaban J connectivity index is 1.97. The molecule has 2 rings (SSSR count). The fraction of sp³-hybridized carbons (Fsp3) is 1.00. The van der Waals surface area contributed by atoms with E-state index in [-0.39, 0.29) is 12.0 Å². The summed E-state index contributed by atoms with van der Waals surface area (Å²) >= 11 is 0. The average Bonchev–Trinajstić information content (AvgIpc) is 2.46. The highest BCUT2D eigenvalue weighted by molar-refractivity contribution is 5.01. The fourth-order valence-corrected chi connectivity index (χ4v) is 1.38. The van der Waals surface area contributed by atoms with Crippen LogP contribution in [0.5, 0.6) is 0 Å². The summed E-state index contributed by atoms with van der Waals surface area (Å²) in [6.45, 7) is 0.779. The molecular weight excluding hydrogens is 107 g/mol. The molecule has 0 N–H and O–H groups in total. The lowest BCUT2D eigenvalue weighted by atomic mass is 10.2. The molecule has 0 spiro atoms. The topological polar surface area (TPSA) is 9.23 Å². The Morgan fingerprint density at radius 3 is 2.88 bits per heavy atom. The molecule has 1 nitrogen and oxygen atoms in total. The van der Waals surface area contributed by atoms with Gasteiger partial charge in [0.25, 0.3) is 0 Å². The lowest BCUT2D eigenvalue weighted by Crippen LogP contribution is -2.05. The Kier molecular flexibility index (Phi) is 0.852. The van der Waals surface area contributed by atoms with E-state index in [9.17, 15) is 4.39 Å². The Morgan fingerprint density at radius 2 is 2.38 bits per heavy atom. The van der Waals surface area contributed by atoms with Crippen molar-refractivity contribution in [3.05, 3.63) is 0 Å². The van der Waals surface area contributed by atoms with Crippen LogP contribution in [0.15, 0.2) is 0 Å². The van der Waals surface area contributed by atoms with Crippen molar-refractivity contribution in [1.82, 2.24) is 0 Å². The van der Waals surface area contributed by atoms with Crippen LogP contribution in [0.25, 0.3) is 0 Å². The van der Waals surface area contributed by atoms with Gasteiger partial charge >= 0.3 is 0 Å². The van der Waals surface area contributed by atoms with Crippen LogP contribution in [0.2, 0.25) is 0 Å². The minimum absolute atomic E-state index is 0.00347. The van der Waals surface area contributed by atoms with Crippen LogP contribution >= 0.6 is 0 Å². The van der Waals surface area contributed by atoms with Crippen LogP contribution in [0.4, 0.5) is 4.39 Å². The van der Waals surface area contributed by atoms with Crippen LogP contribution in [-0.2, 0) is 4.74 Å². The monoisotopic (exact) mass is 116 g/mol. The lowest BCUT2D eigenvalue weighted by molar-refractivity contribution is 0.0727. The molecule has 2 aliphatic rings. The van der Waals surface area contributed by atoms with Crippen molar-refractivity contribution in [2.75, 3.05) is 6.61 Å². The van der Waals surface area contributed by atoms with Crippen molar-refractivity contribution in [3.8, 4) is 0 Å². The Morgan fingerprint density at radius 1 is 1.50 bits per heavy atom. The van der Waals surface area contributed by atoms with Crippen molar-refractivity contribution in [2.45, 2.75) is 25.1 Å². The highest BCUT2D eigenvalue weighted by atomic mass is 19.1. The maximum Gasteiger partial charge on any atom is 0.132 e. The SMILES string of the molecule is F[C@H]1[C@H]2CCCO[C@@H]12. The van der Waals surface area contributed by atoms with E-state index in [1.54, 1.807) is 0 Å². The number of hydrogen-bond acceptors (Lipinski definition) is 1. The smallest absolute Gasteiger partial charge is 0.132 e. The lowest BCUT2D eigenvalue weighted by Gasteiger charge is -2.06. The van der Waals surface area contributed by atoms with Crippen molar-refractivity contribution in [2.24, 2.45) is 5.92 Å². The second-order valence-electron chi connectivity index (χ2n) is 2.59. The number of fused-ring (bicyclic) bond motifs is 1. The van der Waals surface area contributed by atoms with Crippen LogP contribution < -0.4 is 0 Å². The molecule has 0 radical (unpaired) electrons. The molecule has 8 heavy (non-hydrogen) atoms. The summed E-state index contributed by atoms with van der Waals surface area (Å²) in [6.07, 6.45) is 1.49. The van der Waals surface area contributed by atoms with Gasteiger partial charge in [-0.2, -0.15) is 0 Å². The van der Waals surface area contributed by atoms with Crippen LogP contribution in [0.1, 0.15) is 12.8 Å². The summed E-state index contributed by atoms with van der Waals surface area (Å²) < 4.78 is 17.4. The third-order valence-electron chi connectivity index (χ3n) is 2.00. The number of hydrogen-bond donors (Lipinski definition) is 0. The van der Waals surface area contributed by atoms with Gasteiger partial charge in [-0.05, 0) is 12.8 Å². The molecule has 2 fully saturated rings. The van der Waals surface area contributed by atoms with Crippen molar-refractivity contribution >= 4 is 0 Å². The zero-order valence-corrected chi connectivity index (χ0v) is 4.64. The van der Waals surface area contributed by atoms with Gasteiger partial charge in [-0.15, -0.1) is 0 Å². The molecule has 2 heteroatoms. The first-order valence-corrected chi connectivity index (χ1v) is 3.15. The van der Waals surface area contributed by atoms with Crippen molar-refractivity contribution < 1.29 is 9.13 Å². The predicted molar refractivity (Wildman–Crippen MR) is 27.4 cm³/mol. The molecule has 0 aromatic rings. The molecule has 0 amide bonds. The summed E-state index contributed by atoms with van der Waals surface area (Å²) in [5.74, 6) is 0.281.